The van der Waals surface area contributed by atoms with E-state index in [0.717, 1.165) is 19.1 Å². The zero-order valence-corrected chi connectivity index (χ0v) is 7.41. The normalized spacial score (nSPS) is 9.29. The molecule has 0 aliphatic carbocycles. The fourth-order valence-corrected chi connectivity index (χ4v) is 0.778. The van der Waals surface area contributed by atoms with Gasteiger partial charge < -0.3 is 4.84 Å². The van der Waals surface area contributed by atoms with Crippen LogP contribution in [0.4, 0.5) is 4.39 Å². The van der Waals surface area contributed by atoms with E-state index in [1.165, 1.54) is 12.1 Å². The molecule has 1 aromatic carbocycles. The van der Waals surface area contributed by atoms with E-state index in [1.807, 2.05) is 5.48 Å². The van der Waals surface area contributed by atoms with E-state index in [0.29, 0.717) is 0 Å². The lowest BCUT2D eigenvalue weighted by Crippen LogP contribution is -2.25. The maximum atomic E-state index is 12.4. The Balaban J connectivity index is 2.61. The molecule has 0 aliphatic heterocycles. The highest BCUT2D eigenvalue weighted by Gasteiger charge is 2.05. The highest BCUT2D eigenvalue weighted by atomic mass is 19.1. The lowest BCUT2D eigenvalue weighted by Gasteiger charge is -2.02. The molecule has 0 unspecified atom stereocenters. The van der Waals surface area contributed by atoms with Crippen molar-refractivity contribution in [3.8, 4) is 0 Å². The van der Waals surface area contributed by atoms with Crippen LogP contribution in [0.25, 0.3) is 0 Å². The molecule has 0 fully saturated rings. The number of amides is 1. The predicted molar refractivity (Wildman–Crippen MR) is 45.6 cm³/mol. The number of nitrogens with one attached hydrogen (secondary N) is 1. The lowest BCUT2D eigenvalue weighted by molar-refractivity contribution is -0.146. The Morgan fingerprint density at radius 1 is 1.29 bits per heavy atom. The van der Waals surface area contributed by atoms with Crippen LogP contribution >= 0.6 is 0 Å². The maximum absolute atomic E-state index is 12.4. The van der Waals surface area contributed by atoms with Crippen LogP contribution in [0.2, 0.25) is 0 Å². The average molecular weight is 197 g/mol. The Morgan fingerprint density at radius 3 is 2.36 bits per heavy atom. The SMILES string of the molecule is CC(=O)ONC(=O)c1ccc(F)cc1. The molecule has 1 rings (SSSR count). The molecule has 0 heterocycles. The summed E-state index contributed by atoms with van der Waals surface area (Å²) in [5.74, 6) is -1.66. The number of halogens is 1. The van der Waals surface area contributed by atoms with Crippen molar-refractivity contribution < 1.29 is 18.8 Å². The number of rotatable bonds is 1. The van der Waals surface area contributed by atoms with Gasteiger partial charge in [-0.15, -0.1) is 0 Å². The first-order valence-electron chi connectivity index (χ1n) is 3.83. The molecule has 14 heavy (non-hydrogen) atoms. The monoisotopic (exact) mass is 197 g/mol. The smallest absolute Gasteiger partial charge is 0.329 e. The van der Waals surface area contributed by atoms with E-state index in [2.05, 4.69) is 4.84 Å². The molecule has 1 N–H and O–H groups in total. The van der Waals surface area contributed by atoms with Gasteiger partial charge in [0.1, 0.15) is 5.82 Å². The van der Waals surface area contributed by atoms with Crippen LogP contribution in [0.15, 0.2) is 24.3 Å². The zero-order chi connectivity index (χ0) is 10.6. The van der Waals surface area contributed by atoms with Crippen molar-refractivity contribution in [1.29, 1.82) is 0 Å². The largest absolute Gasteiger partial charge is 0.341 e. The summed E-state index contributed by atoms with van der Waals surface area (Å²) in [5.41, 5.74) is 2.12. The number of benzene rings is 1. The summed E-state index contributed by atoms with van der Waals surface area (Å²) in [6.45, 7) is 1.16. The van der Waals surface area contributed by atoms with Gasteiger partial charge in [0.15, 0.2) is 0 Å². The Labute approximate surface area is 79.6 Å². The average Bonchev–Trinajstić information content (AvgIpc) is 2.15. The third-order valence-electron chi connectivity index (χ3n) is 1.39. The Hall–Kier alpha value is -1.91. The van der Waals surface area contributed by atoms with Crippen LogP contribution < -0.4 is 5.48 Å². The van der Waals surface area contributed by atoms with E-state index >= 15 is 0 Å². The molecule has 74 valence electrons. The molecule has 4 nitrogen and oxygen atoms in total. The lowest BCUT2D eigenvalue weighted by atomic mass is 10.2. The minimum atomic E-state index is -0.625. The summed E-state index contributed by atoms with van der Waals surface area (Å²) >= 11 is 0. The van der Waals surface area contributed by atoms with Crippen molar-refractivity contribution in [3.63, 3.8) is 0 Å². The minimum Gasteiger partial charge on any atom is -0.341 e. The summed E-state index contributed by atoms with van der Waals surface area (Å²) in [6, 6.07) is 4.85. The predicted octanol–water partition coefficient (Wildman–Crippen LogP) is 1.03. The Morgan fingerprint density at radius 2 is 1.86 bits per heavy atom. The minimum absolute atomic E-state index is 0.215. The molecular weight excluding hydrogens is 189 g/mol. The number of carbonyl (C=O) groups excluding carboxylic acids is 2. The van der Waals surface area contributed by atoms with Crippen molar-refractivity contribution in [3.05, 3.63) is 35.6 Å². The van der Waals surface area contributed by atoms with Crippen LogP contribution in [0.3, 0.4) is 0 Å². The van der Waals surface area contributed by atoms with Gasteiger partial charge in [0.2, 0.25) is 0 Å². The highest BCUT2D eigenvalue weighted by molar-refractivity contribution is 5.94. The second-order valence-electron chi connectivity index (χ2n) is 2.53. The van der Waals surface area contributed by atoms with Gasteiger partial charge in [0, 0.05) is 12.5 Å². The second-order valence-corrected chi connectivity index (χ2v) is 2.53. The van der Waals surface area contributed by atoms with Crippen LogP contribution in [-0.4, -0.2) is 11.9 Å². The zero-order valence-electron chi connectivity index (χ0n) is 7.41. The second kappa shape index (κ2) is 4.36. The fourth-order valence-electron chi connectivity index (χ4n) is 0.778. The van der Waals surface area contributed by atoms with Gasteiger partial charge in [0.05, 0.1) is 0 Å². The quantitative estimate of drug-likeness (QED) is 0.684. The third kappa shape index (κ3) is 2.85. The van der Waals surface area contributed by atoms with Crippen molar-refractivity contribution in [2.45, 2.75) is 6.92 Å². The summed E-state index contributed by atoms with van der Waals surface area (Å²) in [7, 11) is 0. The standard InChI is InChI=1S/C9H8FNO3/c1-6(12)14-11-9(13)7-2-4-8(10)5-3-7/h2-5H,1H3,(H,11,13). The Bertz CT molecular complexity index is 348. The molecule has 0 aromatic heterocycles. The van der Waals surface area contributed by atoms with Gasteiger partial charge in [-0.05, 0) is 24.3 Å². The molecule has 0 saturated carbocycles. The van der Waals surface area contributed by atoms with E-state index < -0.39 is 17.7 Å². The van der Waals surface area contributed by atoms with E-state index in [4.69, 9.17) is 0 Å². The third-order valence-corrected chi connectivity index (χ3v) is 1.39. The number of hydroxylamine groups is 1. The van der Waals surface area contributed by atoms with Crippen molar-refractivity contribution in [2.75, 3.05) is 0 Å². The van der Waals surface area contributed by atoms with Crippen molar-refractivity contribution in [2.24, 2.45) is 0 Å². The van der Waals surface area contributed by atoms with Crippen LogP contribution in [0.1, 0.15) is 17.3 Å². The van der Waals surface area contributed by atoms with Crippen molar-refractivity contribution >= 4 is 11.9 Å². The first-order chi connectivity index (χ1) is 6.59. The summed E-state index contributed by atoms with van der Waals surface area (Å²) in [5, 5.41) is 0. The van der Waals surface area contributed by atoms with E-state index in [1.54, 1.807) is 0 Å². The molecule has 0 bridgehead atoms. The van der Waals surface area contributed by atoms with Crippen LogP contribution in [-0.2, 0) is 9.63 Å². The first-order valence-corrected chi connectivity index (χ1v) is 3.83. The summed E-state index contributed by atoms with van der Waals surface area (Å²) in [6.07, 6.45) is 0. The van der Waals surface area contributed by atoms with Gasteiger partial charge in [-0.2, -0.15) is 5.48 Å². The van der Waals surface area contributed by atoms with Gasteiger partial charge in [-0.3, -0.25) is 9.59 Å². The molecule has 5 heteroatoms. The summed E-state index contributed by atoms with van der Waals surface area (Å²) < 4.78 is 12.4. The number of carbonyl (C=O) groups is 2. The summed E-state index contributed by atoms with van der Waals surface area (Å²) in [4.78, 5) is 25.7. The molecule has 1 aromatic rings. The van der Waals surface area contributed by atoms with E-state index in [9.17, 15) is 14.0 Å². The first kappa shape index (κ1) is 10.2. The molecule has 0 saturated heterocycles. The number of hydrogen-bond acceptors (Lipinski definition) is 3. The topological polar surface area (TPSA) is 55.4 Å². The molecule has 0 aliphatic rings. The molecule has 0 atom stereocenters. The molecule has 1 amide bonds. The van der Waals surface area contributed by atoms with E-state index in [-0.39, 0.29) is 5.56 Å². The van der Waals surface area contributed by atoms with Gasteiger partial charge in [0.25, 0.3) is 5.91 Å². The molecule has 0 radical (unpaired) electrons. The molecular formula is C9H8FNO3. The van der Waals surface area contributed by atoms with Crippen LogP contribution in [0, 0.1) is 5.82 Å². The molecule has 0 spiro atoms. The highest BCUT2D eigenvalue weighted by Crippen LogP contribution is 2.02. The fraction of sp³-hybridized carbons (Fsp3) is 0.111. The maximum Gasteiger partial charge on any atom is 0.329 e. The van der Waals surface area contributed by atoms with Crippen LogP contribution in [0.5, 0.6) is 0 Å². The van der Waals surface area contributed by atoms with Gasteiger partial charge in [-0.25, -0.2) is 4.39 Å². The number of hydrogen-bond donors (Lipinski definition) is 1. The van der Waals surface area contributed by atoms with Crippen molar-refractivity contribution in [1.82, 2.24) is 5.48 Å². The van der Waals surface area contributed by atoms with Gasteiger partial charge in [-0.1, -0.05) is 0 Å². The van der Waals surface area contributed by atoms with Gasteiger partial charge >= 0.3 is 5.97 Å². The Kier molecular flexibility index (Phi) is 3.17.